The first kappa shape index (κ1) is 19.3. The highest BCUT2D eigenvalue weighted by Gasteiger charge is 2.28. The van der Waals surface area contributed by atoms with Gasteiger partial charge in [-0.25, -0.2) is 0 Å². The zero-order valence-corrected chi connectivity index (χ0v) is 18.9. The second-order valence-corrected chi connectivity index (χ2v) is 22.0. The molecule has 0 saturated heterocycles. The highest BCUT2D eigenvalue weighted by molar-refractivity contribution is 6.71. The molecule has 0 saturated carbocycles. The molecule has 0 N–H and O–H groups in total. The number of rotatable bonds is 6. The lowest BCUT2D eigenvalue weighted by Crippen LogP contribution is -2.34. The van der Waals surface area contributed by atoms with Gasteiger partial charge in [0, 0.05) is 0 Å². The lowest BCUT2D eigenvalue weighted by molar-refractivity contribution is 0.453. The second kappa shape index (κ2) is 6.41. The van der Waals surface area contributed by atoms with E-state index in [1.807, 2.05) is 0 Å². The summed E-state index contributed by atoms with van der Waals surface area (Å²) in [7, 11) is -5.19. The molecule has 0 aromatic heterocycles. The molecular formula is C16H32O3Si3. The maximum Gasteiger partial charge on any atom is 0.242 e. The zero-order chi connectivity index (χ0) is 17.3. The van der Waals surface area contributed by atoms with E-state index < -0.39 is 25.0 Å². The van der Waals surface area contributed by atoms with E-state index in [9.17, 15) is 0 Å². The fourth-order valence-electron chi connectivity index (χ4n) is 1.93. The molecule has 0 unspecified atom stereocenters. The lowest BCUT2D eigenvalue weighted by atomic mass is 10.2. The van der Waals surface area contributed by atoms with Crippen molar-refractivity contribution in [2.24, 2.45) is 0 Å². The topological polar surface area (TPSA) is 27.7 Å². The number of aryl methyl sites for hydroxylation is 1. The molecule has 0 amide bonds. The van der Waals surface area contributed by atoms with Gasteiger partial charge < -0.3 is 13.3 Å². The van der Waals surface area contributed by atoms with Gasteiger partial charge in [-0.15, -0.1) is 0 Å². The number of benzene rings is 1. The van der Waals surface area contributed by atoms with Crippen LogP contribution in [0.5, 0.6) is 17.2 Å². The monoisotopic (exact) mass is 356 g/mol. The van der Waals surface area contributed by atoms with Gasteiger partial charge in [-0.3, -0.25) is 0 Å². The van der Waals surface area contributed by atoms with Crippen LogP contribution >= 0.6 is 0 Å². The molecule has 0 spiro atoms. The smallest absolute Gasteiger partial charge is 0.242 e. The molecule has 1 aromatic rings. The van der Waals surface area contributed by atoms with Gasteiger partial charge in [0.2, 0.25) is 25.0 Å². The quantitative estimate of drug-likeness (QED) is 0.618. The standard InChI is InChI=1S/C16H32O3Si3/c1-13-11-14(17-20(2,3)4)16(19-22(8,9)10)15(12-13)18-21(5,6)7/h11-12H,1-10H3. The van der Waals surface area contributed by atoms with E-state index in [0.29, 0.717) is 0 Å². The fraction of sp³-hybridized carbons (Fsp3) is 0.625. The van der Waals surface area contributed by atoms with Crippen LogP contribution in [0, 0.1) is 6.92 Å². The van der Waals surface area contributed by atoms with Gasteiger partial charge in [0.25, 0.3) is 0 Å². The summed E-state index contributed by atoms with van der Waals surface area (Å²) < 4.78 is 18.9. The first-order valence-corrected chi connectivity index (χ1v) is 18.1. The first-order valence-electron chi connectivity index (χ1n) is 7.88. The normalized spacial score (nSPS) is 13.0. The molecule has 0 aliphatic heterocycles. The highest BCUT2D eigenvalue weighted by atomic mass is 28.4. The third-order valence-electron chi connectivity index (χ3n) is 2.41. The minimum Gasteiger partial charge on any atom is -0.542 e. The number of hydrogen-bond acceptors (Lipinski definition) is 3. The van der Waals surface area contributed by atoms with E-state index in [1.54, 1.807) is 0 Å². The Morgan fingerprint density at radius 3 is 1.18 bits per heavy atom. The van der Waals surface area contributed by atoms with Crippen molar-refractivity contribution in [3.8, 4) is 17.2 Å². The molecule has 6 heteroatoms. The maximum atomic E-state index is 6.34. The molecular weight excluding hydrogens is 324 g/mol. The Hall–Kier alpha value is -0.729. The van der Waals surface area contributed by atoms with Gasteiger partial charge >= 0.3 is 0 Å². The summed E-state index contributed by atoms with van der Waals surface area (Å²) >= 11 is 0. The molecule has 1 aromatic carbocycles. The van der Waals surface area contributed by atoms with Crippen molar-refractivity contribution in [1.29, 1.82) is 0 Å². The van der Waals surface area contributed by atoms with Gasteiger partial charge in [-0.1, -0.05) is 0 Å². The molecule has 0 heterocycles. The fourth-order valence-corrected chi connectivity index (χ4v) is 4.36. The Morgan fingerprint density at radius 2 is 0.909 bits per heavy atom. The minimum absolute atomic E-state index is 0.801. The van der Waals surface area contributed by atoms with Crippen LogP contribution in [-0.2, 0) is 0 Å². The molecule has 0 aliphatic rings. The van der Waals surface area contributed by atoms with E-state index in [0.717, 1.165) is 22.8 Å². The molecule has 0 radical (unpaired) electrons. The first-order chi connectivity index (χ1) is 9.66. The largest absolute Gasteiger partial charge is 0.542 e. The molecule has 0 fully saturated rings. The van der Waals surface area contributed by atoms with Crippen LogP contribution in [0.4, 0.5) is 0 Å². The molecule has 0 bridgehead atoms. The highest BCUT2D eigenvalue weighted by Crippen LogP contribution is 2.42. The molecule has 1 rings (SSSR count). The average molecular weight is 357 g/mol. The lowest BCUT2D eigenvalue weighted by Gasteiger charge is -2.30. The summed E-state index contributed by atoms with van der Waals surface area (Å²) in [6, 6.07) is 4.15. The van der Waals surface area contributed by atoms with Gasteiger partial charge in [0.05, 0.1) is 0 Å². The van der Waals surface area contributed by atoms with E-state index in [2.05, 4.69) is 78.0 Å². The Balaban J connectivity index is 3.40. The Bertz CT molecular complexity index is 486. The predicted octanol–water partition coefficient (Wildman–Crippen LogP) is 5.64. The minimum atomic E-state index is -1.76. The molecule has 3 nitrogen and oxygen atoms in total. The van der Waals surface area contributed by atoms with Crippen LogP contribution in [0.3, 0.4) is 0 Å². The second-order valence-electron chi connectivity index (χ2n) is 8.73. The van der Waals surface area contributed by atoms with Crippen molar-refractivity contribution in [3.63, 3.8) is 0 Å². The molecule has 0 aliphatic carbocycles. The van der Waals surface area contributed by atoms with E-state index >= 15 is 0 Å². The van der Waals surface area contributed by atoms with Gasteiger partial charge in [0.1, 0.15) is 11.5 Å². The summed E-state index contributed by atoms with van der Waals surface area (Å²) in [5.74, 6) is 2.49. The SMILES string of the molecule is Cc1cc(O[Si](C)(C)C)c(O[Si](C)(C)C)c(O[Si](C)(C)C)c1. The van der Waals surface area contributed by atoms with Crippen LogP contribution in [0.1, 0.15) is 5.56 Å². The van der Waals surface area contributed by atoms with E-state index in [4.69, 9.17) is 13.3 Å². The van der Waals surface area contributed by atoms with Crippen molar-refractivity contribution < 1.29 is 13.3 Å². The van der Waals surface area contributed by atoms with Crippen LogP contribution in [-0.4, -0.2) is 25.0 Å². The third kappa shape index (κ3) is 7.02. The summed E-state index contributed by atoms with van der Waals surface area (Å²) in [5.41, 5.74) is 1.14. The molecule has 0 atom stereocenters. The summed E-state index contributed by atoms with van der Waals surface area (Å²) in [6.45, 7) is 21.8. The van der Waals surface area contributed by atoms with Gasteiger partial charge in [0.15, 0.2) is 5.75 Å². The van der Waals surface area contributed by atoms with Gasteiger partial charge in [-0.2, -0.15) is 0 Å². The maximum absolute atomic E-state index is 6.34. The Labute approximate surface area is 139 Å². The van der Waals surface area contributed by atoms with Crippen molar-refractivity contribution in [3.05, 3.63) is 17.7 Å². The van der Waals surface area contributed by atoms with Crippen LogP contribution in [0.15, 0.2) is 12.1 Å². The average Bonchev–Trinajstić information content (AvgIpc) is 2.16. The van der Waals surface area contributed by atoms with Gasteiger partial charge in [-0.05, 0) is 83.5 Å². The molecule has 126 valence electrons. The van der Waals surface area contributed by atoms with Crippen molar-refractivity contribution in [2.45, 2.75) is 65.8 Å². The summed E-state index contributed by atoms with van der Waals surface area (Å²) in [5, 5.41) is 0. The number of hydrogen-bond donors (Lipinski definition) is 0. The van der Waals surface area contributed by atoms with Crippen molar-refractivity contribution >= 4 is 25.0 Å². The van der Waals surface area contributed by atoms with E-state index in [-0.39, 0.29) is 0 Å². The van der Waals surface area contributed by atoms with Crippen molar-refractivity contribution in [1.82, 2.24) is 0 Å². The Kier molecular flexibility index (Phi) is 5.63. The van der Waals surface area contributed by atoms with Crippen LogP contribution < -0.4 is 13.3 Å². The molecule has 22 heavy (non-hydrogen) atoms. The van der Waals surface area contributed by atoms with E-state index in [1.165, 1.54) is 0 Å². The van der Waals surface area contributed by atoms with Crippen LogP contribution in [0.2, 0.25) is 58.9 Å². The predicted molar refractivity (Wildman–Crippen MR) is 103 cm³/mol. The summed E-state index contributed by atoms with van der Waals surface area (Å²) in [4.78, 5) is 0. The summed E-state index contributed by atoms with van der Waals surface area (Å²) in [6.07, 6.45) is 0. The zero-order valence-electron chi connectivity index (χ0n) is 15.9. The third-order valence-corrected chi connectivity index (χ3v) is 4.89. The van der Waals surface area contributed by atoms with Crippen LogP contribution in [0.25, 0.3) is 0 Å². The Morgan fingerprint density at radius 1 is 0.591 bits per heavy atom. The van der Waals surface area contributed by atoms with Crippen molar-refractivity contribution in [2.75, 3.05) is 0 Å².